The van der Waals surface area contributed by atoms with Crippen molar-refractivity contribution in [3.63, 3.8) is 0 Å². The number of anilines is 1. The van der Waals surface area contributed by atoms with Gasteiger partial charge in [0.25, 0.3) is 5.91 Å². The molecule has 2 rings (SSSR count). The molecule has 2 amide bonds. The van der Waals surface area contributed by atoms with Gasteiger partial charge in [-0.2, -0.15) is 0 Å². The van der Waals surface area contributed by atoms with Crippen molar-refractivity contribution in [2.45, 2.75) is 13.8 Å². The van der Waals surface area contributed by atoms with Crippen LogP contribution in [0.2, 0.25) is 0 Å². The first-order valence-corrected chi connectivity index (χ1v) is 8.01. The summed E-state index contributed by atoms with van der Waals surface area (Å²) in [6.07, 6.45) is 3.12. The lowest BCUT2D eigenvalue weighted by Gasteiger charge is -2.22. The standard InChI is InChI=1S/C17H18BrN3O2/c1-12-5-6-15(10-16(12)18)21(13(2)22)9-8-20-17(23)14-4-3-7-19-11-14/h3-7,10-11H,8-9H2,1-2H3,(H,20,23). The second-order valence-corrected chi connectivity index (χ2v) is 5.96. The topological polar surface area (TPSA) is 62.3 Å². The predicted molar refractivity (Wildman–Crippen MR) is 93.5 cm³/mol. The maximum absolute atomic E-state index is 12.0. The van der Waals surface area contributed by atoms with E-state index in [2.05, 4.69) is 26.2 Å². The van der Waals surface area contributed by atoms with Gasteiger partial charge in [-0.25, -0.2) is 0 Å². The van der Waals surface area contributed by atoms with E-state index in [1.165, 1.54) is 13.1 Å². The number of pyridine rings is 1. The van der Waals surface area contributed by atoms with Crippen LogP contribution in [0.1, 0.15) is 22.8 Å². The SMILES string of the molecule is CC(=O)N(CCNC(=O)c1cccnc1)c1ccc(C)c(Br)c1. The van der Waals surface area contributed by atoms with Crippen LogP contribution < -0.4 is 10.2 Å². The molecule has 0 unspecified atom stereocenters. The highest BCUT2D eigenvalue weighted by Gasteiger charge is 2.13. The fraction of sp³-hybridized carbons (Fsp3) is 0.235. The summed E-state index contributed by atoms with van der Waals surface area (Å²) < 4.78 is 0.945. The van der Waals surface area contributed by atoms with Crippen LogP contribution in [0, 0.1) is 6.92 Å². The Morgan fingerprint density at radius 2 is 2.09 bits per heavy atom. The van der Waals surface area contributed by atoms with Crippen LogP contribution in [0.5, 0.6) is 0 Å². The smallest absolute Gasteiger partial charge is 0.252 e. The molecule has 0 saturated carbocycles. The van der Waals surface area contributed by atoms with E-state index in [0.29, 0.717) is 18.7 Å². The van der Waals surface area contributed by atoms with Crippen molar-refractivity contribution in [3.05, 3.63) is 58.3 Å². The molecule has 1 N–H and O–H groups in total. The normalized spacial score (nSPS) is 10.2. The molecule has 0 atom stereocenters. The molecule has 23 heavy (non-hydrogen) atoms. The summed E-state index contributed by atoms with van der Waals surface area (Å²) in [4.78, 5) is 29.4. The molecular formula is C17H18BrN3O2. The van der Waals surface area contributed by atoms with E-state index in [-0.39, 0.29) is 11.8 Å². The number of benzene rings is 1. The first kappa shape index (κ1) is 17.1. The summed E-state index contributed by atoms with van der Waals surface area (Å²) in [6, 6.07) is 9.15. The van der Waals surface area contributed by atoms with E-state index in [9.17, 15) is 9.59 Å². The van der Waals surface area contributed by atoms with Crippen molar-refractivity contribution in [1.82, 2.24) is 10.3 Å². The van der Waals surface area contributed by atoms with Crippen LogP contribution in [0.15, 0.2) is 47.2 Å². The first-order valence-electron chi connectivity index (χ1n) is 7.21. The minimum absolute atomic E-state index is 0.0728. The zero-order valence-electron chi connectivity index (χ0n) is 13.0. The number of aryl methyl sites for hydroxylation is 1. The Hall–Kier alpha value is -2.21. The van der Waals surface area contributed by atoms with Gasteiger partial charge >= 0.3 is 0 Å². The number of carbonyl (C=O) groups is 2. The molecule has 1 heterocycles. The minimum atomic E-state index is -0.202. The number of aromatic nitrogens is 1. The number of amides is 2. The van der Waals surface area contributed by atoms with E-state index in [1.807, 2.05) is 25.1 Å². The Morgan fingerprint density at radius 3 is 2.70 bits per heavy atom. The molecule has 0 radical (unpaired) electrons. The molecule has 0 aliphatic carbocycles. The third-order valence-corrected chi connectivity index (χ3v) is 4.25. The van der Waals surface area contributed by atoms with Gasteiger partial charge < -0.3 is 10.2 Å². The van der Waals surface area contributed by atoms with Gasteiger partial charge in [-0.3, -0.25) is 14.6 Å². The summed E-state index contributed by atoms with van der Waals surface area (Å²) in [6.45, 7) is 4.26. The molecule has 0 spiro atoms. The van der Waals surface area contributed by atoms with Crippen molar-refractivity contribution in [3.8, 4) is 0 Å². The number of nitrogens with zero attached hydrogens (tertiary/aromatic N) is 2. The molecule has 120 valence electrons. The number of carbonyl (C=O) groups excluding carboxylic acids is 2. The molecule has 0 aliphatic heterocycles. The number of hydrogen-bond donors (Lipinski definition) is 1. The number of hydrogen-bond acceptors (Lipinski definition) is 3. The van der Waals surface area contributed by atoms with Crippen LogP contribution in [0.25, 0.3) is 0 Å². The van der Waals surface area contributed by atoms with Crippen molar-refractivity contribution in [1.29, 1.82) is 0 Å². The third kappa shape index (κ3) is 4.63. The highest BCUT2D eigenvalue weighted by Crippen LogP contribution is 2.23. The fourth-order valence-electron chi connectivity index (χ4n) is 2.10. The summed E-state index contributed by atoms with van der Waals surface area (Å²) in [5, 5.41) is 2.80. The highest BCUT2D eigenvalue weighted by molar-refractivity contribution is 9.10. The quantitative estimate of drug-likeness (QED) is 0.873. The fourth-order valence-corrected chi connectivity index (χ4v) is 2.47. The molecule has 5 nitrogen and oxygen atoms in total. The summed E-state index contributed by atoms with van der Waals surface area (Å²) in [5.74, 6) is -0.275. The zero-order valence-corrected chi connectivity index (χ0v) is 14.6. The Morgan fingerprint density at radius 1 is 1.30 bits per heavy atom. The van der Waals surface area contributed by atoms with Crippen LogP contribution in [0.3, 0.4) is 0 Å². The van der Waals surface area contributed by atoms with E-state index in [4.69, 9.17) is 0 Å². The predicted octanol–water partition coefficient (Wildman–Crippen LogP) is 2.94. The third-order valence-electron chi connectivity index (χ3n) is 3.39. The Labute approximate surface area is 143 Å². The van der Waals surface area contributed by atoms with Crippen LogP contribution in [0.4, 0.5) is 5.69 Å². The van der Waals surface area contributed by atoms with Gasteiger partial charge in [0.1, 0.15) is 0 Å². The van der Waals surface area contributed by atoms with Gasteiger partial charge in [0.05, 0.1) is 5.56 Å². The number of rotatable bonds is 5. The molecule has 1 aromatic heterocycles. The largest absolute Gasteiger partial charge is 0.350 e. The van der Waals surface area contributed by atoms with E-state index in [1.54, 1.807) is 23.2 Å². The summed E-state index contributed by atoms with van der Waals surface area (Å²) in [7, 11) is 0. The highest BCUT2D eigenvalue weighted by atomic mass is 79.9. The lowest BCUT2D eigenvalue weighted by atomic mass is 10.2. The van der Waals surface area contributed by atoms with Gasteiger partial charge in [0, 0.05) is 42.6 Å². The Balaban J connectivity index is 1.99. The monoisotopic (exact) mass is 375 g/mol. The summed E-state index contributed by atoms with van der Waals surface area (Å²) in [5.41, 5.74) is 2.40. The molecule has 0 aliphatic rings. The second kappa shape index (κ2) is 7.87. The Kier molecular flexibility index (Phi) is 5.87. The molecule has 2 aromatic rings. The van der Waals surface area contributed by atoms with Crippen LogP contribution in [-0.4, -0.2) is 29.9 Å². The van der Waals surface area contributed by atoms with Gasteiger partial charge in [0.15, 0.2) is 0 Å². The van der Waals surface area contributed by atoms with Crippen molar-refractivity contribution >= 4 is 33.4 Å². The van der Waals surface area contributed by atoms with Gasteiger partial charge in [-0.15, -0.1) is 0 Å². The zero-order chi connectivity index (χ0) is 16.8. The molecular weight excluding hydrogens is 358 g/mol. The van der Waals surface area contributed by atoms with Crippen molar-refractivity contribution < 1.29 is 9.59 Å². The summed E-state index contributed by atoms with van der Waals surface area (Å²) >= 11 is 3.47. The van der Waals surface area contributed by atoms with Gasteiger partial charge in [-0.1, -0.05) is 22.0 Å². The van der Waals surface area contributed by atoms with Crippen LogP contribution in [-0.2, 0) is 4.79 Å². The van der Waals surface area contributed by atoms with Crippen molar-refractivity contribution in [2.75, 3.05) is 18.0 Å². The number of halogens is 1. The molecule has 6 heteroatoms. The second-order valence-electron chi connectivity index (χ2n) is 5.10. The molecule has 0 fully saturated rings. The molecule has 0 saturated heterocycles. The lowest BCUT2D eigenvalue weighted by molar-refractivity contribution is -0.116. The Bertz CT molecular complexity index is 704. The minimum Gasteiger partial charge on any atom is -0.350 e. The van der Waals surface area contributed by atoms with E-state index < -0.39 is 0 Å². The van der Waals surface area contributed by atoms with E-state index in [0.717, 1.165) is 15.7 Å². The van der Waals surface area contributed by atoms with Gasteiger partial charge in [0.2, 0.25) is 5.91 Å². The average molecular weight is 376 g/mol. The molecule has 1 aromatic carbocycles. The van der Waals surface area contributed by atoms with Crippen molar-refractivity contribution in [2.24, 2.45) is 0 Å². The average Bonchev–Trinajstić information content (AvgIpc) is 2.54. The van der Waals surface area contributed by atoms with Crippen LogP contribution >= 0.6 is 15.9 Å². The maximum Gasteiger partial charge on any atom is 0.252 e. The molecule has 0 bridgehead atoms. The lowest BCUT2D eigenvalue weighted by Crippen LogP contribution is -2.37. The maximum atomic E-state index is 12.0. The first-order chi connectivity index (χ1) is 11.0. The van der Waals surface area contributed by atoms with Gasteiger partial charge in [-0.05, 0) is 36.8 Å². The number of nitrogens with one attached hydrogen (secondary N) is 1. The van der Waals surface area contributed by atoms with E-state index >= 15 is 0 Å².